The lowest BCUT2D eigenvalue weighted by atomic mass is 10.1. The van der Waals surface area contributed by atoms with Gasteiger partial charge in [0, 0.05) is 15.1 Å². The number of hydrogen-bond donors (Lipinski definition) is 0. The average Bonchev–Trinajstić information content (AvgIpc) is 3.17. The maximum Gasteiger partial charge on any atom is 0.338 e. The number of benzene rings is 3. The first-order valence-electron chi connectivity index (χ1n) is 10.9. The molecule has 11 heteroatoms. The summed E-state index contributed by atoms with van der Waals surface area (Å²) < 4.78 is 22.2. The first-order valence-corrected chi connectivity index (χ1v) is 12.4. The molecule has 1 heterocycles. The summed E-state index contributed by atoms with van der Waals surface area (Å²) in [4.78, 5) is 38.1. The highest BCUT2D eigenvalue weighted by Crippen LogP contribution is 2.31. The number of esters is 3. The van der Waals surface area contributed by atoms with Gasteiger partial charge >= 0.3 is 17.9 Å². The van der Waals surface area contributed by atoms with Crippen molar-refractivity contribution in [3.8, 4) is 0 Å². The summed E-state index contributed by atoms with van der Waals surface area (Å²) in [6.07, 6.45) is -3.43. The fourth-order valence-electron chi connectivity index (χ4n) is 3.46. The first-order chi connectivity index (χ1) is 17.7. The van der Waals surface area contributed by atoms with Gasteiger partial charge in [-0.25, -0.2) is 14.4 Å². The lowest BCUT2D eigenvalue weighted by molar-refractivity contribution is -0.0435. The van der Waals surface area contributed by atoms with E-state index in [1.54, 1.807) is 12.1 Å². The molecular formula is C26H18Cl4O7. The van der Waals surface area contributed by atoms with E-state index < -0.39 is 41.8 Å². The van der Waals surface area contributed by atoms with E-state index in [1.807, 2.05) is 0 Å². The lowest BCUT2D eigenvalue weighted by Gasteiger charge is -2.23. The molecule has 0 N–H and O–H groups in total. The number of carbonyl (C=O) groups excluding carboxylic acids is 3. The van der Waals surface area contributed by atoms with Crippen molar-refractivity contribution in [3.63, 3.8) is 0 Å². The first kappa shape index (κ1) is 27.2. The standard InChI is InChI=1S/C26H18Cl4O7/c27-17-7-1-14(2-8-17)24(31)34-13-20-21(36-25(32)15-3-9-18(28)10-4-15)22(23(30)35-20)37-26(33)16-5-11-19(29)12-6-16/h1-12,20-23H,13H2/t20-,21+,22+,23-/m1/s1. The van der Waals surface area contributed by atoms with Gasteiger partial charge in [0.25, 0.3) is 0 Å². The van der Waals surface area contributed by atoms with Gasteiger partial charge in [0.15, 0.2) is 17.8 Å². The molecule has 0 unspecified atom stereocenters. The van der Waals surface area contributed by atoms with Crippen molar-refractivity contribution in [1.29, 1.82) is 0 Å². The highest BCUT2D eigenvalue weighted by atomic mass is 35.5. The zero-order valence-corrected chi connectivity index (χ0v) is 21.8. The van der Waals surface area contributed by atoms with Crippen LogP contribution in [0.15, 0.2) is 72.8 Å². The summed E-state index contributed by atoms with van der Waals surface area (Å²) >= 11 is 24.0. The van der Waals surface area contributed by atoms with Crippen LogP contribution in [0.4, 0.5) is 0 Å². The Bertz CT molecular complexity index is 1260. The van der Waals surface area contributed by atoms with Crippen molar-refractivity contribution in [1.82, 2.24) is 0 Å². The maximum absolute atomic E-state index is 12.9. The van der Waals surface area contributed by atoms with Crippen molar-refractivity contribution in [3.05, 3.63) is 105 Å². The van der Waals surface area contributed by atoms with Crippen LogP contribution >= 0.6 is 46.4 Å². The Morgan fingerprint density at radius 3 is 1.43 bits per heavy atom. The Kier molecular flexibility index (Phi) is 8.95. The van der Waals surface area contributed by atoms with Crippen LogP contribution in [0.3, 0.4) is 0 Å². The van der Waals surface area contributed by atoms with E-state index in [2.05, 4.69) is 0 Å². The van der Waals surface area contributed by atoms with Crippen molar-refractivity contribution in [2.24, 2.45) is 0 Å². The molecular weight excluding hydrogens is 566 g/mol. The summed E-state index contributed by atoms with van der Waals surface area (Å²) in [7, 11) is 0. The number of halogens is 4. The Morgan fingerprint density at radius 1 is 0.622 bits per heavy atom. The van der Waals surface area contributed by atoms with Gasteiger partial charge in [-0.1, -0.05) is 46.4 Å². The van der Waals surface area contributed by atoms with Gasteiger partial charge in [0.1, 0.15) is 12.7 Å². The molecule has 0 spiro atoms. The Balaban J connectivity index is 1.52. The maximum atomic E-state index is 12.9. The SMILES string of the molecule is O=C(OC[C@H]1O[C@@H](Cl)[C@@H](OC(=O)c2ccc(Cl)cc2)[C@H]1OC(=O)c1ccc(Cl)cc1)c1ccc(Cl)cc1. The zero-order valence-electron chi connectivity index (χ0n) is 18.8. The van der Waals surface area contributed by atoms with Crippen LogP contribution in [0.5, 0.6) is 0 Å². The van der Waals surface area contributed by atoms with E-state index in [9.17, 15) is 14.4 Å². The number of carbonyl (C=O) groups is 3. The smallest absolute Gasteiger partial charge is 0.338 e. The van der Waals surface area contributed by atoms with Crippen molar-refractivity contribution >= 4 is 64.3 Å². The van der Waals surface area contributed by atoms with Crippen LogP contribution in [-0.2, 0) is 18.9 Å². The zero-order chi connectivity index (χ0) is 26.5. The second kappa shape index (κ2) is 12.2. The minimum atomic E-state index is -1.21. The van der Waals surface area contributed by atoms with Crippen LogP contribution < -0.4 is 0 Å². The van der Waals surface area contributed by atoms with Gasteiger partial charge in [-0.3, -0.25) is 0 Å². The van der Waals surface area contributed by atoms with E-state index in [0.29, 0.717) is 15.1 Å². The van der Waals surface area contributed by atoms with E-state index in [-0.39, 0.29) is 23.3 Å². The van der Waals surface area contributed by atoms with Crippen LogP contribution in [0, 0.1) is 0 Å². The molecule has 0 amide bonds. The third kappa shape index (κ3) is 6.94. The molecule has 0 radical (unpaired) electrons. The average molecular weight is 584 g/mol. The van der Waals surface area contributed by atoms with Crippen LogP contribution in [0.2, 0.25) is 15.1 Å². The van der Waals surface area contributed by atoms with Gasteiger partial charge in [0.05, 0.1) is 16.7 Å². The van der Waals surface area contributed by atoms with E-state index in [1.165, 1.54) is 60.7 Å². The molecule has 7 nitrogen and oxygen atoms in total. The topological polar surface area (TPSA) is 88.1 Å². The third-order valence-corrected chi connectivity index (χ3v) is 6.47. The quantitative estimate of drug-likeness (QED) is 0.185. The minimum Gasteiger partial charge on any atom is -0.459 e. The molecule has 3 aromatic rings. The van der Waals surface area contributed by atoms with E-state index in [4.69, 9.17) is 65.4 Å². The number of rotatable bonds is 7. The minimum absolute atomic E-state index is 0.196. The summed E-state index contributed by atoms with van der Waals surface area (Å²) in [5.41, 5.74) is -0.542. The third-order valence-electron chi connectivity index (χ3n) is 5.36. The number of hydrogen-bond acceptors (Lipinski definition) is 7. The van der Waals surface area contributed by atoms with Crippen LogP contribution in [0.1, 0.15) is 31.1 Å². The number of ether oxygens (including phenoxy) is 4. The monoisotopic (exact) mass is 582 g/mol. The van der Waals surface area contributed by atoms with Crippen LogP contribution in [0.25, 0.3) is 0 Å². The van der Waals surface area contributed by atoms with Gasteiger partial charge in [-0.15, -0.1) is 0 Å². The molecule has 4 rings (SSSR count). The Morgan fingerprint density at radius 2 is 1.00 bits per heavy atom. The molecule has 192 valence electrons. The summed E-state index contributed by atoms with van der Waals surface area (Å²) in [5, 5.41) is 1.33. The van der Waals surface area contributed by atoms with Crippen molar-refractivity contribution in [2.75, 3.05) is 6.61 Å². The van der Waals surface area contributed by atoms with Crippen LogP contribution in [-0.4, -0.2) is 48.4 Å². The molecule has 0 saturated carbocycles. The second-order valence-electron chi connectivity index (χ2n) is 7.88. The molecule has 0 aromatic heterocycles. The Hall–Kier alpha value is -2.81. The molecule has 1 aliphatic rings. The second-order valence-corrected chi connectivity index (χ2v) is 9.62. The molecule has 37 heavy (non-hydrogen) atoms. The molecule has 4 atom stereocenters. The van der Waals surface area contributed by atoms with Crippen molar-refractivity contribution < 1.29 is 33.3 Å². The lowest BCUT2D eigenvalue weighted by Crippen LogP contribution is -2.41. The summed E-state index contributed by atoms with van der Waals surface area (Å²) in [6.45, 7) is -0.335. The predicted octanol–water partition coefficient (Wildman–Crippen LogP) is 6.22. The van der Waals surface area contributed by atoms with Gasteiger partial charge in [-0.05, 0) is 72.8 Å². The highest BCUT2D eigenvalue weighted by molar-refractivity contribution is 6.31. The molecule has 0 bridgehead atoms. The molecule has 1 aliphatic heterocycles. The fraction of sp³-hybridized carbons (Fsp3) is 0.192. The highest BCUT2D eigenvalue weighted by Gasteiger charge is 2.49. The predicted molar refractivity (Wildman–Crippen MR) is 138 cm³/mol. The van der Waals surface area contributed by atoms with Gasteiger partial charge < -0.3 is 18.9 Å². The normalized spacial score (nSPS) is 20.8. The molecule has 3 aromatic carbocycles. The fourth-order valence-corrected chi connectivity index (χ4v) is 4.17. The largest absolute Gasteiger partial charge is 0.459 e. The molecule has 0 aliphatic carbocycles. The van der Waals surface area contributed by atoms with Crippen molar-refractivity contribution in [2.45, 2.75) is 23.9 Å². The van der Waals surface area contributed by atoms with Gasteiger partial charge in [-0.2, -0.15) is 0 Å². The van der Waals surface area contributed by atoms with Gasteiger partial charge in [0.2, 0.25) is 0 Å². The Labute approximate surface area is 232 Å². The molecule has 1 saturated heterocycles. The van der Waals surface area contributed by atoms with E-state index in [0.717, 1.165) is 0 Å². The summed E-state index contributed by atoms with van der Waals surface area (Å²) in [5.74, 6) is -2.13. The summed E-state index contributed by atoms with van der Waals surface area (Å²) in [6, 6.07) is 18.1. The number of alkyl halides is 1. The molecule has 1 fully saturated rings. The van der Waals surface area contributed by atoms with E-state index >= 15 is 0 Å².